The van der Waals surface area contributed by atoms with Crippen molar-refractivity contribution >= 4 is 22.6 Å². The molecule has 0 bridgehead atoms. The molecule has 0 saturated carbocycles. The van der Waals surface area contributed by atoms with Gasteiger partial charge in [0.15, 0.2) is 0 Å². The number of nitro benzene ring substituents is 1. The molecule has 0 radical (unpaired) electrons. The molecule has 0 fully saturated rings. The highest BCUT2D eigenvalue weighted by molar-refractivity contribution is 5.88. The number of para-hydroxylation sites is 1. The highest BCUT2D eigenvalue weighted by atomic mass is 16.6. The second kappa shape index (κ2) is 6.41. The number of methoxy groups -OCH3 is 1. The Morgan fingerprint density at radius 3 is 2.79 bits per heavy atom. The molecule has 1 aromatic heterocycles. The summed E-state index contributed by atoms with van der Waals surface area (Å²) in [4.78, 5) is 25.7. The van der Waals surface area contributed by atoms with Gasteiger partial charge in [-0.05, 0) is 23.8 Å². The minimum atomic E-state index is -0.614. The number of nitro groups is 1. The van der Waals surface area contributed by atoms with Crippen LogP contribution in [0, 0.1) is 10.1 Å². The van der Waals surface area contributed by atoms with Gasteiger partial charge in [0.1, 0.15) is 5.75 Å². The van der Waals surface area contributed by atoms with Gasteiger partial charge in [0, 0.05) is 17.1 Å². The van der Waals surface area contributed by atoms with E-state index in [-0.39, 0.29) is 17.9 Å². The second-order valence-electron chi connectivity index (χ2n) is 5.10. The van der Waals surface area contributed by atoms with E-state index in [9.17, 15) is 14.9 Å². The van der Waals surface area contributed by atoms with E-state index in [4.69, 9.17) is 9.47 Å². The van der Waals surface area contributed by atoms with Gasteiger partial charge < -0.3 is 14.5 Å². The number of fused-ring (bicyclic) bond motifs is 1. The summed E-state index contributed by atoms with van der Waals surface area (Å²) < 4.78 is 10.1. The Bertz CT molecular complexity index is 916. The Morgan fingerprint density at radius 2 is 2.04 bits per heavy atom. The summed E-state index contributed by atoms with van der Waals surface area (Å²) in [6, 6.07) is 11.6. The van der Waals surface area contributed by atoms with Crippen LogP contribution in [0.15, 0.2) is 48.7 Å². The minimum absolute atomic E-state index is 0.00714. The number of carbonyl (C=O) groups is 1. The molecule has 0 saturated heterocycles. The van der Waals surface area contributed by atoms with Crippen LogP contribution in [0.5, 0.6) is 11.5 Å². The van der Waals surface area contributed by atoms with Crippen molar-refractivity contribution in [3.8, 4) is 11.5 Å². The fraction of sp³-hybridized carbons (Fsp3) is 0.118. The lowest BCUT2D eigenvalue weighted by atomic mass is 10.1. The first-order valence-electron chi connectivity index (χ1n) is 7.16. The van der Waals surface area contributed by atoms with Crippen LogP contribution in [-0.4, -0.2) is 23.0 Å². The number of esters is 1. The van der Waals surface area contributed by atoms with Crippen LogP contribution in [0.2, 0.25) is 0 Å². The third-order valence-electron chi connectivity index (χ3n) is 3.60. The first-order valence-corrected chi connectivity index (χ1v) is 7.16. The standard InChI is InChI=1S/C17H14N2O5/c1-23-12-6-7-16(15(9-12)19(21)22)24-17(20)8-11-10-18-14-5-3-2-4-13(11)14/h2-7,9-10,18H,8H2,1H3. The number of hydrogen-bond donors (Lipinski definition) is 1. The van der Waals surface area contributed by atoms with Gasteiger partial charge in [0.25, 0.3) is 0 Å². The summed E-state index contributed by atoms with van der Waals surface area (Å²) in [5.74, 6) is -0.364. The first kappa shape index (κ1) is 15.5. The normalized spacial score (nSPS) is 10.5. The molecule has 0 aliphatic rings. The molecule has 1 heterocycles. The topological polar surface area (TPSA) is 94.5 Å². The van der Waals surface area contributed by atoms with Crippen molar-refractivity contribution in [3.63, 3.8) is 0 Å². The lowest BCUT2D eigenvalue weighted by Crippen LogP contribution is -2.12. The van der Waals surface area contributed by atoms with Crippen molar-refractivity contribution in [2.24, 2.45) is 0 Å². The van der Waals surface area contributed by atoms with Gasteiger partial charge >= 0.3 is 11.7 Å². The zero-order valence-corrected chi connectivity index (χ0v) is 12.8. The minimum Gasteiger partial charge on any atom is -0.496 e. The fourth-order valence-electron chi connectivity index (χ4n) is 2.45. The summed E-state index contributed by atoms with van der Waals surface area (Å²) >= 11 is 0. The van der Waals surface area contributed by atoms with E-state index < -0.39 is 10.9 Å². The quantitative estimate of drug-likeness (QED) is 0.336. The number of rotatable bonds is 5. The molecule has 3 aromatic rings. The lowest BCUT2D eigenvalue weighted by molar-refractivity contribution is -0.385. The number of nitrogens with zero attached hydrogens (tertiary/aromatic N) is 1. The van der Waals surface area contributed by atoms with E-state index in [1.807, 2.05) is 24.3 Å². The number of carbonyl (C=O) groups excluding carboxylic acids is 1. The highest BCUT2D eigenvalue weighted by Gasteiger charge is 2.20. The predicted octanol–water partition coefficient (Wildman–Crippen LogP) is 3.23. The van der Waals surface area contributed by atoms with Crippen LogP contribution in [0.4, 0.5) is 5.69 Å². The van der Waals surface area contributed by atoms with Crippen molar-refractivity contribution in [2.75, 3.05) is 7.11 Å². The maximum atomic E-state index is 12.2. The van der Waals surface area contributed by atoms with Gasteiger partial charge in [0.2, 0.25) is 5.75 Å². The zero-order chi connectivity index (χ0) is 17.1. The molecule has 0 spiro atoms. The average Bonchev–Trinajstić information content (AvgIpc) is 2.98. The molecule has 7 nitrogen and oxygen atoms in total. The van der Waals surface area contributed by atoms with Gasteiger partial charge in [-0.3, -0.25) is 14.9 Å². The molecule has 2 aromatic carbocycles. The van der Waals surface area contributed by atoms with E-state index >= 15 is 0 Å². The van der Waals surface area contributed by atoms with E-state index in [2.05, 4.69) is 4.98 Å². The molecule has 0 unspecified atom stereocenters. The molecule has 122 valence electrons. The molecular formula is C17H14N2O5. The van der Waals surface area contributed by atoms with Crippen LogP contribution in [-0.2, 0) is 11.2 Å². The highest BCUT2D eigenvalue weighted by Crippen LogP contribution is 2.31. The van der Waals surface area contributed by atoms with Gasteiger partial charge in [0.05, 0.1) is 24.5 Å². The maximum absolute atomic E-state index is 12.2. The van der Waals surface area contributed by atoms with Crippen LogP contribution in [0.1, 0.15) is 5.56 Å². The van der Waals surface area contributed by atoms with E-state index in [0.29, 0.717) is 5.75 Å². The summed E-state index contributed by atoms with van der Waals surface area (Å²) in [5, 5.41) is 12.0. The largest absolute Gasteiger partial charge is 0.496 e. The number of aromatic amines is 1. The molecule has 0 aliphatic carbocycles. The molecule has 0 amide bonds. The van der Waals surface area contributed by atoms with Crippen molar-refractivity contribution in [1.82, 2.24) is 4.98 Å². The number of hydrogen-bond acceptors (Lipinski definition) is 5. The summed E-state index contributed by atoms with van der Waals surface area (Å²) in [6.45, 7) is 0. The lowest BCUT2D eigenvalue weighted by Gasteiger charge is -2.06. The number of aromatic nitrogens is 1. The second-order valence-corrected chi connectivity index (χ2v) is 5.10. The number of H-pyrrole nitrogens is 1. The number of benzene rings is 2. The third-order valence-corrected chi connectivity index (χ3v) is 3.60. The van der Waals surface area contributed by atoms with Crippen molar-refractivity contribution in [2.45, 2.75) is 6.42 Å². The van der Waals surface area contributed by atoms with E-state index in [1.54, 1.807) is 6.20 Å². The molecule has 24 heavy (non-hydrogen) atoms. The van der Waals surface area contributed by atoms with Crippen LogP contribution < -0.4 is 9.47 Å². The van der Waals surface area contributed by atoms with Gasteiger partial charge in [-0.15, -0.1) is 0 Å². The molecule has 7 heteroatoms. The first-order chi connectivity index (χ1) is 11.6. The van der Waals surface area contributed by atoms with Crippen LogP contribution >= 0.6 is 0 Å². The van der Waals surface area contributed by atoms with Crippen molar-refractivity contribution in [3.05, 3.63) is 64.3 Å². The van der Waals surface area contributed by atoms with Gasteiger partial charge in [-0.1, -0.05) is 18.2 Å². The number of ether oxygens (including phenoxy) is 2. The molecular weight excluding hydrogens is 312 g/mol. The van der Waals surface area contributed by atoms with Crippen molar-refractivity contribution in [1.29, 1.82) is 0 Å². The van der Waals surface area contributed by atoms with Gasteiger partial charge in [-0.2, -0.15) is 0 Å². The van der Waals surface area contributed by atoms with E-state index in [1.165, 1.54) is 25.3 Å². The Kier molecular flexibility index (Phi) is 4.15. The Morgan fingerprint density at radius 1 is 1.25 bits per heavy atom. The van der Waals surface area contributed by atoms with E-state index in [0.717, 1.165) is 16.5 Å². The maximum Gasteiger partial charge on any atom is 0.315 e. The number of nitrogens with one attached hydrogen (secondary N) is 1. The third kappa shape index (κ3) is 3.05. The van der Waals surface area contributed by atoms with Crippen LogP contribution in [0.3, 0.4) is 0 Å². The summed E-state index contributed by atoms with van der Waals surface area (Å²) in [6.07, 6.45) is 1.74. The molecule has 1 N–H and O–H groups in total. The Balaban J connectivity index is 1.81. The van der Waals surface area contributed by atoms with Crippen molar-refractivity contribution < 1.29 is 19.2 Å². The molecule has 0 aliphatic heterocycles. The average molecular weight is 326 g/mol. The summed E-state index contributed by atoms with van der Waals surface area (Å²) in [5.41, 5.74) is 1.36. The smallest absolute Gasteiger partial charge is 0.315 e. The van der Waals surface area contributed by atoms with Crippen LogP contribution in [0.25, 0.3) is 10.9 Å². The zero-order valence-electron chi connectivity index (χ0n) is 12.8. The monoisotopic (exact) mass is 326 g/mol. The SMILES string of the molecule is COc1ccc(OC(=O)Cc2c[nH]c3ccccc23)c([N+](=O)[O-])c1. The predicted molar refractivity (Wildman–Crippen MR) is 87.3 cm³/mol. The summed E-state index contributed by atoms with van der Waals surface area (Å²) in [7, 11) is 1.40. The van der Waals surface area contributed by atoms with Gasteiger partial charge in [-0.25, -0.2) is 0 Å². The molecule has 0 atom stereocenters. The Hall–Kier alpha value is -3.35. The Labute approximate surface area is 137 Å². The fourth-order valence-corrected chi connectivity index (χ4v) is 2.45. The molecule has 3 rings (SSSR count).